The van der Waals surface area contributed by atoms with E-state index in [4.69, 9.17) is 0 Å². The Morgan fingerprint density at radius 2 is 1.62 bits per heavy atom. The molecular formula is C19H22BrN. The lowest BCUT2D eigenvalue weighted by molar-refractivity contribution is 0.177. The molecule has 0 unspecified atom stereocenters. The van der Waals surface area contributed by atoms with E-state index in [1.165, 1.54) is 48.0 Å². The van der Waals surface area contributed by atoms with Gasteiger partial charge in [0.2, 0.25) is 0 Å². The lowest BCUT2D eigenvalue weighted by Gasteiger charge is -2.32. The van der Waals surface area contributed by atoms with Crippen LogP contribution >= 0.6 is 15.9 Å². The van der Waals surface area contributed by atoms with Crippen LogP contribution in [-0.4, -0.2) is 18.0 Å². The third-order valence-electron chi connectivity index (χ3n) is 4.37. The first kappa shape index (κ1) is 14.8. The number of likely N-dealkylation sites (tertiary alicyclic amines) is 1. The summed E-state index contributed by atoms with van der Waals surface area (Å²) in [6, 6.07) is 19.6. The van der Waals surface area contributed by atoms with Crippen LogP contribution in [0.1, 0.15) is 24.0 Å². The summed E-state index contributed by atoms with van der Waals surface area (Å²) in [6.07, 6.45) is 3.89. The van der Waals surface area contributed by atoms with Gasteiger partial charge >= 0.3 is 0 Å². The van der Waals surface area contributed by atoms with E-state index < -0.39 is 0 Å². The van der Waals surface area contributed by atoms with Crippen molar-refractivity contribution >= 4 is 15.9 Å². The minimum Gasteiger partial charge on any atom is -0.299 e. The maximum atomic E-state index is 3.56. The molecule has 0 bridgehead atoms. The fourth-order valence-electron chi connectivity index (χ4n) is 3.19. The van der Waals surface area contributed by atoms with Gasteiger partial charge in [0.1, 0.15) is 0 Å². The first-order chi connectivity index (χ1) is 10.3. The van der Waals surface area contributed by atoms with Gasteiger partial charge in [-0.15, -0.1) is 0 Å². The van der Waals surface area contributed by atoms with E-state index in [-0.39, 0.29) is 0 Å². The van der Waals surface area contributed by atoms with Gasteiger partial charge in [-0.05, 0) is 61.5 Å². The van der Waals surface area contributed by atoms with Crippen molar-refractivity contribution in [2.75, 3.05) is 13.1 Å². The number of halogens is 1. The molecule has 2 aromatic carbocycles. The molecule has 2 heteroatoms. The minimum atomic E-state index is 0.853. The average Bonchev–Trinajstić information content (AvgIpc) is 2.50. The van der Waals surface area contributed by atoms with Crippen LogP contribution in [0.3, 0.4) is 0 Å². The van der Waals surface area contributed by atoms with E-state index in [9.17, 15) is 0 Å². The summed E-state index contributed by atoms with van der Waals surface area (Å²) in [7, 11) is 0. The molecular weight excluding hydrogens is 322 g/mol. The summed E-state index contributed by atoms with van der Waals surface area (Å²) in [5, 5.41) is 0. The molecule has 1 fully saturated rings. The highest BCUT2D eigenvalue weighted by Crippen LogP contribution is 2.23. The molecule has 0 aliphatic carbocycles. The zero-order valence-corrected chi connectivity index (χ0v) is 13.9. The largest absolute Gasteiger partial charge is 0.299 e. The van der Waals surface area contributed by atoms with Crippen molar-refractivity contribution in [3.63, 3.8) is 0 Å². The number of rotatable bonds is 4. The monoisotopic (exact) mass is 343 g/mol. The van der Waals surface area contributed by atoms with Crippen LogP contribution in [0.15, 0.2) is 59.1 Å². The van der Waals surface area contributed by atoms with Crippen molar-refractivity contribution in [3.05, 3.63) is 70.2 Å². The van der Waals surface area contributed by atoms with Crippen LogP contribution in [0, 0.1) is 5.92 Å². The van der Waals surface area contributed by atoms with Crippen LogP contribution in [0.4, 0.5) is 0 Å². The lowest BCUT2D eigenvalue weighted by Crippen LogP contribution is -2.33. The van der Waals surface area contributed by atoms with E-state index in [0.717, 1.165) is 12.5 Å². The number of piperidine rings is 1. The van der Waals surface area contributed by atoms with Gasteiger partial charge in [0, 0.05) is 11.0 Å². The van der Waals surface area contributed by atoms with Crippen molar-refractivity contribution in [3.8, 4) is 0 Å². The molecule has 0 saturated carbocycles. The summed E-state index contributed by atoms with van der Waals surface area (Å²) < 4.78 is 1.18. The zero-order chi connectivity index (χ0) is 14.5. The highest BCUT2D eigenvalue weighted by molar-refractivity contribution is 9.10. The van der Waals surface area contributed by atoms with Gasteiger partial charge < -0.3 is 0 Å². The fourth-order valence-corrected chi connectivity index (χ4v) is 3.64. The molecule has 1 aliphatic heterocycles. The Balaban J connectivity index is 1.49. The Morgan fingerprint density at radius 3 is 2.33 bits per heavy atom. The van der Waals surface area contributed by atoms with Gasteiger partial charge in [0.15, 0.2) is 0 Å². The van der Waals surface area contributed by atoms with E-state index in [0.29, 0.717) is 0 Å². The third kappa shape index (κ3) is 4.42. The van der Waals surface area contributed by atoms with Crippen LogP contribution in [0.2, 0.25) is 0 Å². The van der Waals surface area contributed by atoms with Crippen molar-refractivity contribution in [2.24, 2.45) is 5.92 Å². The standard InChI is InChI=1S/C19H22BrN/c20-19-8-4-7-18(14-19)15-21-11-9-17(10-12-21)13-16-5-2-1-3-6-16/h1-8,14,17H,9-13,15H2. The molecule has 0 spiro atoms. The quantitative estimate of drug-likeness (QED) is 0.762. The van der Waals surface area contributed by atoms with Gasteiger partial charge in [-0.1, -0.05) is 58.4 Å². The smallest absolute Gasteiger partial charge is 0.0234 e. The average molecular weight is 344 g/mol. The third-order valence-corrected chi connectivity index (χ3v) is 4.86. The minimum absolute atomic E-state index is 0.853. The summed E-state index contributed by atoms with van der Waals surface area (Å²) in [5.74, 6) is 0.853. The summed E-state index contributed by atoms with van der Waals surface area (Å²) in [6.45, 7) is 3.53. The van der Waals surface area contributed by atoms with Crippen LogP contribution in [-0.2, 0) is 13.0 Å². The van der Waals surface area contributed by atoms with E-state index >= 15 is 0 Å². The van der Waals surface area contributed by atoms with E-state index in [1.54, 1.807) is 0 Å². The molecule has 21 heavy (non-hydrogen) atoms. The Kier molecular flexibility index (Phi) is 5.10. The van der Waals surface area contributed by atoms with E-state index in [1.807, 2.05) is 0 Å². The Morgan fingerprint density at radius 1 is 0.905 bits per heavy atom. The van der Waals surface area contributed by atoms with Crippen molar-refractivity contribution in [2.45, 2.75) is 25.8 Å². The summed E-state index contributed by atoms with van der Waals surface area (Å²) in [4.78, 5) is 2.59. The molecule has 0 radical (unpaired) electrons. The van der Waals surface area contributed by atoms with Crippen molar-refractivity contribution in [1.29, 1.82) is 0 Å². The maximum absolute atomic E-state index is 3.56. The van der Waals surface area contributed by atoms with Crippen LogP contribution in [0.25, 0.3) is 0 Å². The van der Waals surface area contributed by atoms with Gasteiger partial charge in [0.25, 0.3) is 0 Å². The van der Waals surface area contributed by atoms with Gasteiger partial charge in [-0.25, -0.2) is 0 Å². The van der Waals surface area contributed by atoms with Gasteiger partial charge in [-0.3, -0.25) is 4.90 Å². The Labute approximate surface area is 136 Å². The van der Waals surface area contributed by atoms with Gasteiger partial charge in [-0.2, -0.15) is 0 Å². The molecule has 2 aromatic rings. The molecule has 1 nitrogen and oxygen atoms in total. The Hall–Kier alpha value is -1.12. The normalized spacial score (nSPS) is 17.0. The summed E-state index contributed by atoms with van der Waals surface area (Å²) >= 11 is 3.56. The first-order valence-electron chi connectivity index (χ1n) is 7.80. The summed E-state index contributed by atoms with van der Waals surface area (Å²) in [5.41, 5.74) is 2.90. The number of hydrogen-bond donors (Lipinski definition) is 0. The molecule has 3 rings (SSSR count). The van der Waals surface area contributed by atoms with Crippen molar-refractivity contribution < 1.29 is 0 Å². The molecule has 0 atom stereocenters. The van der Waals surface area contributed by atoms with E-state index in [2.05, 4.69) is 75.4 Å². The number of hydrogen-bond acceptors (Lipinski definition) is 1. The molecule has 0 N–H and O–H groups in total. The number of nitrogens with zero attached hydrogens (tertiary/aromatic N) is 1. The SMILES string of the molecule is Brc1cccc(CN2CCC(Cc3ccccc3)CC2)c1. The molecule has 0 aromatic heterocycles. The maximum Gasteiger partial charge on any atom is 0.0234 e. The predicted octanol–water partition coefficient (Wildman–Crippen LogP) is 4.90. The second-order valence-electron chi connectivity index (χ2n) is 6.04. The molecule has 110 valence electrons. The van der Waals surface area contributed by atoms with Crippen molar-refractivity contribution in [1.82, 2.24) is 4.90 Å². The number of benzene rings is 2. The predicted molar refractivity (Wildman–Crippen MR) is 92.3 cm³/mol. The highest BCUT2D eigenvalue weighted by atomic mass is 79.9. The molecule has 0 amide bonds. The first-order valence-corrected chi connectivity index (χ1v) is 8.59. The van der Waals surface area contributed by atoms with Crippen LogP contribution in [0.5, 0.6) is 0 Å². The second kappa shape index (κ2) is 7.24. The molecule has 1 heterocycles. The highest BCUT2D eigenvalue weighted by Gasteiger charge is 2.19. The lowest BCUT2D eigenvalue weighted by atomic mass is 9.90. The topological polar surface area (TPSA) is 3.24 Å². The zero-order valence-electron chi connectivity index (χ0n) is 12.3. The second-order valence-corrected chi connectivity index (χ2v) is 6.95. The fraction of sp³-hybridized carbons (Fsp3) is 0.368. The molecule has 1 aliphatic rings. The Bertz CT molecular complexity index is 559. The molecule has 1 saturated heterocycles. The van der Waals surface area contributed by atoms with Gasteiger partial charge in [0.05, 0.1) is 0 Å². The van der Waals surface area contributed by atoms with Crippen LogP contribution < -0.4 is 0 Å².